The van der Waals surface area contributed by atoms with Gasteiger partial charge in [-0.15, -0.1) is 0 Å². The number of rotatable bonds is 10. The highest BCUT2D eigenvalue weighted by atomic mass is 16.5. The van der Waals surface area contributed by atoms with E-state index in [2.05, 4.69) is 11.7 Å². The van der Waals surface area contributed by atoms with Crippen LogP contribution in [0.4, 0.5) is 0 Å². The number of hydrogen-bond donors (Lipinski definition) is 0. The van der Waals surface area contributed by atoms with Gasteiger partial charge in [-0.1, -0.05) is 12.7 Å². The molecule has 0 spiro atoms. The van der Waals surface area contributed by atoms with Gasteiger partial charge in [-0.25, -0.2) is 4.68 Å². The third-order valence-electron chi connectivity index (χ3n) is 4.91. The van der Waals surface area contributed by atoms with Gasteiger partial charge in [-0.05, 0) is 25.1 Å². The van der Waals surface area contributed by atoms with E-state index in [-0.39, 0.29) is 0 Å². The molecule has 0 N–H and O–H groups in total. The van der Waals surface area contributed by atoms with Crippen LogP contribution in [0.3, 0.4) is 0 Å². The summed E-state index contributed by atoms with van der Waals surface area (Å²) < 4.78 is 29.2. The molecule has 0 bridgehead atoms. The summed E-state index contributed by atoms with van der Waals surface area (Å²) in [6, 6.07) is 8.97. The Morgan fingerprint density at radius 3 is 2.12 bits per heavy atom. The van der Waals surface area contributed by atoms with Crippen LogP contribution in [0, 0.1) is 6.92 Å². The van der Waals surface area contributed by atoms with Crippen molar-refractivity contribution in [3.05, 3.63) is 54.2 Å². The molecule has 0 atom stereocenters. The number of aldehydes is 1. The average molecular weight is 438 g/mol. The highest BCUT2D eigenvalue weighted by molar-refractivity contribution is 5.88. The van der Waals surface area contributed by atoms with Gasteiger partial charge in [0.05, 0.1) is 51.1 Å². The molecule has 0 unspecified atom stereocenters. The standard InChI is InChI=1S/C24H26N2O6/c1-7-10-32-20-11-16(8-9-19(20)28-3)23-18(14-27)15(2)25-26(23)17-12-21(29-4)24(31-6)22(13-17)30-5/h7-9,11-14H,1,10H2,2-6H3. The Morgan fingerprint density at radius 1 is 0.938 bits per heavy atom. The van der Waals surface area contributed by atoms with E-state index in [0.29, 0.717) is 58.0 Å². The predicted octanol–water partition coefficient (Wildman–Crippen LogP) is 4.26. The van der Waals surface area contributed by atoms with Crippen molar-refractivity contribution in [1.29, 1.82) is 0 Å². The summed E-state index contributed by atoms with van der Waals surface area (Å²) in [7, 11) is 6.19. The Hall–Kier alpha value is -3.94. The number of aryl methyl sites for hydroxylation is 1. The molecule has 1 aromatic heterocycles. The van der Waals surface area contributed by atoms with Gasteiger partial charge >= 0.3 is 0 Å². The van der Waals surface area contributed by atoms with Gasteiger partial charge in [0.1, 0.15) is 6.61 Å². The SMILES string of the molecule is C=CCOc1cc(-c2c(C=O)c(C)nn2-c2cc(OC)c(OC)c(OC)c2)ccc1OC. The van der Waals surface area contributed by atoms with Gasteiger partial charge < -0.3 is 23.7 Å². The molecule has 8 heteroatoms. The summed E-state index contributed by atoms with van der Waals surface area (Å²) in [5.74, 6) is 2.50. The molecule has 32 heavy (non-hydrogen) atoms. The topological polar surface area (TPSA) is 81.0 Å². The third kappa shape index (κ3) is 4.12. The van der Waals surface area contributed by atoms with Crippen molar-refractivity contribution >= 4 is 6.29 Å². The maximum Gasteiger partial charge on any atom is 0.203 e. The lowest BCUT2D eigenvalue weighted by Crippen LogP contribution is -2.04. The van der Waals surface area contributed by atoms with Crippen LogP contribution in [0.2, 0.25) is 0 Å². The van der Waals surface area contributed by atoms with Crippen LogP contribution >= 0.6 is 0 Å². The van der Waals surface area contributed by atoms with Gasteiger partial charge in [0.15, 0.2) is 29.3 Å². The molecule has 0 radical (unpaired) electrons. The molecule has 3 rings (SSSR count). The van der Waals surface area contributed by atoms with E-state index >= 15 is 0 Å². The van der Waals surface area contributed by atoms with E-state index in [9.17, 15) is 4.79 Å². The molecule has 168 valence electrons. The first kappa shape index (κ1) is 22.7. The molecule has 3 aromatic rings. The third-order valence-corrected chi connectivity index (χ3v) is 4.91. The highest BCUT2D eigenvalue weighted by Crippen LogP contribution is 2.41. The monoisotopic (exact) mass is 438 g/mol. The van der Waals surface area contributed by atoms with Gasteiger partial charge in [0.25, 0.3) is 0 Å². The van der Waals surface area contributed by atoms with Crippen molar-refractivity contribution in [2.24, 2.45) is 0 Å². The van der Waals surface area contributed by atoms with Crippen molar-refractivity contribution in [3.63, 3.8) is 0 Å². The lowest BCUT2D eigenvalue weighted by molar-refractivity contribution is 0.112. The summed E-state index contributed by atoms with van der Waals surface area (Å²) in [4.78, 5) is 12.0. The normalized spacial score (nSPS) is 10.4. The average Bonchev–Trinajstić information content (AvgIpc) is 3.17. The van der Waals surface area contributed by atoms with E-state index in [1.807, 2.05) is 6.07 Å². The van der Waals surface area contributed by atoms with Crippen molar-refractivity contribution in [3.8, 4) is 45.7 Å². The Labute approximate surface area is 186 Å². The Balaban J connectivity index is 2.27. The summed E-state index contributed by atoms with van der Waals surface area (Å²) in [6.07, 6.45) is 2.44. The fourth-order valence-electron chi connectivity index (χ4n) is 3.42. The van der Waals surface area contributed by atoms with Crippen LogP contribution in [0.25, 0.3) is 16.9 Å². The minimum absolute atomic E-state index is 0.311. The molecule has 2 aromatic carbocycles. The van der Waals surface area contributed by atoms with Crippen molar-refractivity contribution in [1.82, 2.24) is 9.78 Å². The van der Waals surface area contributed by atoms with E-state index in [1.165, 1.54) is 7.11 Å². The number of methoxy groups -OCH3 is 4. The van der Waals surface area contributed by atoms with E-state index in [0.717, 1.165) is 11.8 Å². The number of carbonyl (C=O) groups is 1. The Morgan fingerprint density at radius 2 is 1.59 bits per heavy atom. The summed E-state index contributed by atoms with van der Waals surface area (Å²) in [5, 5.41) is 4.61. The molecule has 0 amide bonds. The first-order chi connectivity index (χ1) is 15.5. The maximum atomic E-state index is 12.0. The predicted molar refractivity (Wildman–Crippen MR) is 121 cm³/mol. The number of ether oxygens (including phenoxy) is 5. The van der Waals surface area contributed by atoms with Crippen LogP contribution in [0.15, 0.2) is 43.0 Å². The summed E-state index contributed by atoms with van der Waals surface area (Å²) in [6.45, 7) is 5.77. The zero-order valence-corrected chi connectivity index (χ0v) is 18.8. The Kier molecular flexibility index (Phi) is 7.04. The van der Waals surface area contributed by atoms with Crippen LogP contribution in [0.5, 0.6) is 28.7 Å². The second-order valence-electron chi connectivity index (χ2n) is 6.73. The smallest absolute Gasteiger partial charge is 0.203 e. The fraction of sp³-hybridized carbons (Fsp3) is 0.250. The van der Waals surface area contributed by atoms with E-state index in [1.54, 1.807) is 63.3 Å². The molecule has 0 saturated heterocycles. The van der Waals surface area contributed by atoms with E-state index < -0.39 is 0 Å². The second-order valence-corrected chi connectivity index (χ2v) is 6.73. The Bertz CT molecular complexity index is 1110. The molecule has 1 heterocycles. The van der Waals surface area contributed by atoms with Crippen molar-refractivity contribution in [2.45, 2.75) is 6.92 Å². The molecule has 0 saturated carbocycles. The van der Waals surface area contributed by atoms with Crippen LogP contribution < -0.4 is 23.7 Å². The molecular weight excluding hydrogens is 412 g/mol. The van der Waals surface area contributed by atoms with Gasteiger partial charge in [0, 0.05) is 17.7 Å². The molecule has 0 aliphatic rings. The number of nitrogens with zero attached hydrogens (tertiary/aromatic N) is 2. The van der Waals surface area contributed by atoms with Crippen LogP contribution in [-0.2, 0) is 0 Å². The first-order valence-electron chi connectivity index (χ1n) is 9.80. The number of benzene rings is 2. The summed E-state index contributed by atoms with van der Waals surface area (Å²) in [5.41, 5.74) is 2.99. The minimum atomic E-state index is 0.311. The lowest BCUT2D eigenvalue weighted by Gasteiger charge is -2.16. The van der Waals surface area contributed by atoms with Crippen molar-refractivity contribution < 1.29 is 28.5 Å². The zero-order chi connectivity index (χ0) is 23.3. The quantitative estimate of drug-likeness (QED) is 0.346. The number of aromatic nitrogens is 2. The second kappa shape index (κ2) is 9.91. The number of hydrogen-bond acceptors (Lipinski definition) is 7. The van der Waals surface area contributed by atoms with Gasteiger partial charge in [-0.3, -0.25) is 4.79 Å². The fourth-order valence-corrected chi connectivity index (χ4v) is 3.42. The summed E-state index contributed by atoms with van der Waals surface area (Å²) >= 11 is 0. The molecule has 0 aliphatic heterocycles. The zero-order valence-electron chi connectivity index (χ0n) is 18.8. The van der Waals surface area contributed by atoms with Gasteiger partial charge in [-0.2, -0.15) is 5.10 Å². The van der Waals surface area contributed by atoms with Crippen LogP contribution in [-0.4, -0.2) is 51.1 Å². The minimum Gasteiger partial charge on any atom is -0.493 e. The largest absolute Gasteiger partial charge is 0.493 e. The maximum absolute atomic E-state index is 12.0. The van der Waals surface area contributed by atoms with E-state index in [4.69, 9.17) is 23.7 Å². The van der Waals surface area contributed by atoms with Crippen LogP contribution in [0.1, 0.15) is 16.1 Å². The van der Waals surface area contributed by atoms with Crippen molar-refractivity contribution in [2.75, 3.05) is 35.0 Å². The lowest BCUT2D eigenvalue weighted by atomic mass is 10.1. The molecule has 0 fully saturated rings. The molecule has 0 aliphatic carbocycles. The number of carbonyl (C=O) groups excluding carboxylic acids is 1. The first-order valence-corrected chi connectivity index (χ1v) is 9.80. The highest BCUT2D eigenvalue weighted by Gasteiger charge is 2.22. The molecule has 8 nitrogen and oxygen atoms in total. The molecular formula is C24H26N2O6. The van der Waals surface area contributed by atoms with Gasteiger partial charge in [0.2, 0.25) is 5.75 Å².